The first-order valence-corrected chi connectivity index (χ1v) is 13.1. The summed E-state index contributed by atoms with van der Waals surface area (Å²) in [5.74, 6) is -0.458. The van der Waals surface area contributed by atoms with Crippen LogP contribution in [0.2, 0.25) is 0 Å². The van der Waals surface area contributed by atoms with Crippen LogP contribution in [-0.4, -0.2) is 26.9 Å². The Labute approximate surface area is 217 Å². The predicted molar refractivity (Wildman–Crippen MR) is 147 cm³/mol. The number of hydrogen-bond donors (Lipinski definition) is 0. The van der Waals surface area contributed by atoms with E-state index in [0.717, 1.165) is 31.2 Å². The summed E-state index contributed by atoms with van der Waals surface area (Å²) in [6.45, 7) is 6.53. The zero-order valence-corrected chi connectivity index (χ0v) is 21.8. The van der Waals surface area contributed by atoms with Crippen molar-refractivity contribution in [3.05, 3.63) is 106 Å². The van der Waals surface area contributed by atoms with Gasteiger partial charge in [0.2, 0.25) is 0 Å². The minimum Gasteiger partial charge on any atom is -0.328 e. The molecule has 0 N–H and O–H groups in total. The topological polar surface area (TPSA) is 55.2 Å². The highest BCUT2D eigenvalue weighted by molar-refractivity contribution is 5.94. The normalized spacial score (nSPS) is 12.0. The Hall–Kier alpha value is -3.80. The maximum Gasteiger partial charge on any atom is 0.266 e. The van der Waals surface area contributed by atoms with Crippen molar-refractivity contribution in [2.45, 2.75) is 58.9 Å². The Morgan fingerprint density at radius 3 is 2.46 bits per heavy atom. The molecule has 0 saturated carbocycles. The average Bonchev–Trinajstić information content (AvgIpc) is 2.90. The van der Waals surface area contributed by atoms with E-state index >= 15 is 0 Å². The minimum atomic E-state index is -0.552. The second-order valence-corrected chi connectivity index (χ2v) is 9.43. The van der Waals surface area contributed by atoms with Crippen molar-refractivity contribution in [1.82, 2.24) is 14.5 Å². The molecular formula is C31H34FN3O2. The van der Waals surface area contributed by atoms with E-state index in [1.165, 1.54) is 12.1 Å². The molecule has 0 spiro atoms. The summed E-state index contributed by atoms with van der Waals surface area (Å²) in [6, 6.07) is 20.5. The highest BCUT2D eigenvalue weighted by atomic mass is 19.1. The molecule has 0 radical (unpaired) electrons. The molecule has 5 nitrogen and oxygen atoms in total. The summed E-state index contributed by atoms with van der Waals surface area (Å²) in [6.07, 6.45) is 4.39. The van der Waals surface area contributed by atoms with Gasteiger partial charge in [-0.05, 0) is 61.7 Å². The van der Waals surface area contributed by atoms with Gasteiger partial charge in [-0.25, -0.2) is 9.37 Å². The highest BCUT2D eigenvalue weighted by Gasteiger charge is 2.30. The van der Waals surface area contributed by atoms with Crippen molar-refractivity contribution >= 4 is 16.8 Å². The second-order valence-electron chi connectivity index (χ2n) is 9.43. The second kappa shape index (κ2) is 12.0. The van der Waals surface area contributed by atoms with Crippen molar-refractivity contribution < 1.29 is 9.18 Å². The molecule has 192 valence electrons. The lowest BCUT2D eigenvalue weighted by atomic mass is 10.1. The van der Waals surface area contributed by atoms with E-state index in [1.807, 2.05) is 56.3 Å². The fourth-order valence-electron chi connectivity index (χ4n) is 4.83. The zero-order chi connectivity index (χ0) is 26.4. The van der Waals surface area contributed by atoms with Crippen LogP contribution < -0.4 is 5.56 Å². The monoisotopic (exact) mass is 499 g/mol. The van der Waals surface area contributed by atoms with Crippen LogP contribution in [0.5, 0.6) is 0 Å². The maximum absolute atomic E-state index is 14.8. The van der Waals surface area contributed by atoms with Crippen LogP contribution in [0, 0.1) is 12.7 Å². The first-order chi connectivity index (χ1) is 18.0. The first-order valence-electron chi connectivity index (χ1n) is 13.1. The number of hydrogen-bond acceptors (Lipinski definition) is 3. The van der Waals surface area contributed by atoms with E-state index in [2.05, 4.69) is 6.92 Å². The molecule has 0 aliphatic carbocycles. The van der Waals surface area contributed by atoms with Crippen molar-refractivity contribution in [2.75, 3.05) is 6.54 Å². The molecule has 0 aliphatic rings. The van der Waals surface area contributed by atoms with E-state index in [9.17, 15) is 14.0 Å². The quantitative estimate of drug-likeness (QED) is 0.221. The van der Waals surface area contributed by atoms with Gasteiger partial charge in [-0.3, -0.25) is 14.2 Å². The van der Waals surface area contributed by atoms with Gasteiger partial charge < -0.3 is 4.90 Å². The number of nitrogens with zero attached hydrogens (tertiary/aromatic N) is 3. The summed E-state index contributed by atoms with van der Waals surface area (Å²) in [5.41, 5.74) is 2.13. The molecule has 0 saturated heterocycles. The third kappa shape index (κ3) is 5.63. The highest BCUT2D eigenvalue weighted by Crippen LogP contribution is 2.29. The number of fused-ring (bicyclic) bond motifs is 1. The van der Waals surface area contributed by atoms with Gasteiger partial charge in [0, 0.05) is 6.54 Å². The van der Waals surface area contributed by atoms with E-state index in [1.54, 1.807) is 27.7 Å². The molecule has 4 aromatic rings. The van der Waals surface area contributed by atoms with Crippen LogP contribution in [0.15, 0.2) is 77.6 Å². The molecule has 0 fully saturated rings. The van der Waals surface area contributed by atoms with Crippen LogP contribution in [0.4, 0.5) is 4.39 Å². The van der Waals surface area contributed by atoms with Crippen LogP contribution >= 0.6 is 0 Å². The van der Waals surface area contributed by atoms with Crippen molar-refractivity contribution in [3.63, 3.8) is 0 Å². The van der Waals surface area contributed by atoms with E-state index in [0.29, 0.717) is 35.4 Å². The standard InChI is InChI=1S/C31H34FN3O2/c1-4-6-7-12-20-34(30(36)24-16-8-10-18-26(24)32)28(5-2)29-33-27-19-11-9-17-25(27)31(37)35(29)23-15-13-14-22(3)21-23/h8-11,13-19,21,28H,4-7,12,20H2,1-3H3. The lowest BCUT2D eigenvalue weighted by Gasteiger charge is -2.32. The summed E-state index contributed by atoms with van der Waals surface area (Å²) in [4.78, 5) is 34.3. The van der Waals surface area contributed by atoms with Gasteiger partial charge in [0.05, 0.1) is 28.2 Å². The molecule has 4 rings (SSSR count). The minimum absolute atomic E-state index is 0.0293. The molecule has 1 amide bonds. The van der Waals surface area contributed by atoms with Gasteiger partial charge in [-0.2, -0.15) is 0 Å². The van der Waals surface area contributed by atoms with Crippen molar-refractivity contribution in [2.24, 2.45) is 0 Å². The maximum atomic E-state index is 14.8. The fraction of sp³-hybridized carbons (Fsp3) is 0.323. The SMILES string of the molecule is CCCCCCN(C(=O)c1ccccc1F)C(CC)c1nc2ccccc2c(=O)n1-c1cccc(C)c1. The molecule has 0 bridgehead atoms. The Bertz CT molecular complexity index is 1450. The number of para-hydroxylation sites is 1. The summed E-state index contributed by atoms with van der Waals surface area (Å²) in [7, 11) is 0. The molecule has 1 heterocycles. The predicted octanol–water partition coefficient (Wildman–Crippen LogP) is 7.01. The summed E-state index contributed by atoms with van der Waals surface area (Å²) >= 11 is 0. The molecule has 3 aromatic carbocycles. The Kier molecular flexibility index (Phi) is 8.49. The number of unbranched alkanes of at least 4 members (excludes halogenated alkanes) is 3. The number of halogens is 1. The Morgan fingerprint density at radius 1 is 0.973 bits per heavy atom. The third-order valence-corrected chi connectivity index (χ3v) is 6.74. The van der Waals surface area contributed by atoms with E-state index < -0.39 is 11.9 Å². The lowest BCUT2D eigenvalue weighted by Crippen LogP contribution is -2.39. The Morgan fingerprint density at radius 2 is 1.73 bits per heavy atom. The number of rotatable bonds is 10. The number of carbonyl (C=O) groups excluding carboxylic acids is 1. The lowest BCUT2D eigenvalue weighted by molar-refractivity contribution is 0.0650. The van der Waals surface area contributed by atoms with Crippen LogP contribution in [0.1, 0.15) is 73.7 Å². The van der Waals surface area contributed by atoms with Crippen molar-refractivity contribution in [1.29, 1.82) is 0 Å². The van der Waals surface area contributed by atoms with E-state index in [-0.39, 0.29) is 17.0 Å². The molecule has 1 atom stereocenters. The smallest absolute Gasteiger partial charge is 0.266 e. The largest absolute Gasteiger partial charge is 0.328 e. The first kappa shape index (κ1) is 26.3. The number of aryl methyl sites for hydroxylation is 1. The van der Waals surface area contributed by atoms with Crippen LogP contribution in [-0.2, 0) is 0 Å². The van der Waals surface area contributed by atoms with Crippen LogP contribution in [0.25, 0.3) is 16.6 Å². The number of benzene rings is 3. The molecule has 1 aromatic heterocycles. The molecule has 0 aliphatic heterocycles. The van der Waals surface area contributed by atoms with Crippen LogP contribution in [0.3, 0.4) is 0 Å². The van der Waals surface area contributed by atoms with Gasteiger partial charge >= 0.3 is 0 Å². The number of aromatic nitrogens is 2. The summed E-state index contributed by atoms with van der Waals surface area (Å²) in [5, 5.41) is 0.512. The molecule has 1 unspecified atom stereocenters. The van der Waals surface area contributed by atoms with E-state index in [4.69, 9.17) is 4.98 Å². The molecular weight excluding hydrogens is 465 g/mol. The van der Waals surface area contributed by atoms with Gasteiger partial charge in [0.25, 0.3) is 11.5 Å². The molecule has 37 heavy (non-hydrogen) atoms. The Balaban J connectivity index is 1.91. The average molecular weight is 500 g/mol. The van der Waals surface area contributed by atoms with Gasteiger partial charge in [-0.1, -0.05) is 69.5 Å². The molecule has 6 heteroatoms. The summed E-state index contributed by atoms with van der Waals surface area (Å²) < 4.78 is 16.4. The number of carbonyl (C=O) groups is 1. The number of amides is 1. The van der Waals surface area contributed by atoms with Gasteiger partial charge in [0.15, 0.2) is 0 Å². The van der Waals surface area contributed by atoms with Gasteiger partial charge in [0.1, 0.15) is 11.6 Å². The zero-order valence-electron chi connectivity index (χ0n) is 21.8. The van der Waals surface area contributed by atoms with Gasteiger partial charge in [-0.15, -0.1) is 0 Å². The van der Waals surface area contributed by atoms with Crippen molar-refractivity contribution in [3.8, 4) is 5.69 Å². The fourth-order valence-corrected chi connectivity index (χ4v) is 4.83. The third-order valence-electron chi connectivity index (χ3n) is 6.74.